The second-order valence-electron chi connectivity index (χ2n) is 6.96. The van der Waals surface area contributed by atoms with Crippen molar-refractivity contribution >= 4 is 17.9 Å². The molecule has 0 aromatic carbocycles. The zero-order valence-electron chi connectivity index (χ0n) is 16.4. The first-order valence-electron chi connectivity index (χ1n) is 9.75. The molecule has 2 unspecified atom stereocenters. The molecule has 0 aliphatic carbocycles. The van der Waals surface area contributed by atoms with Crippen molar-refractivity contribution in [3.63, 3.8) is 0 Å². The molecule has 3 amide bonds. The number of nitrogens with zero attached hydrogens (tertiary/aromatic N) is 3. The summed E-state index contributed by atoms with van der Waals surface area (Å²) in [5, 5.41) is 5.72. The van der Waals surface area contributed by atoms with Gasteiger partial charge in [-0.05, 0) is 12.8 Å². The molecule has 2 aliphatic heterocycles. The van der Waals surface area contributed by atoms with Crippen LogP contribution in [0, 0.1) is 0 Å². The van der Waals surface area contributed by atoms with E-state index in [0.29, 0.717) is 6.54 Å². The summed E-state index contributed by atoms with van der Waals surface area (Å²) in [5.74, 6) is 0.518. The summed E-state index contributed by atoms with van der Waals surface area (Å²) in [5.41, 5.74) is 0. The lowest BCUT2D eigenvalue weighted by Gasteiger charge is -2.35. The standard InChI is InChI=1S/C18H33N5O2.H2O/c1-4-6-7-8-9-10-11-13-23-14-15(20-17(23)19-12-5-2)22(3)18(25)21-16(14)24;/h14-15H,4-13H2,1-3H3,(H,19,20)(H,21,24,25);1H2. The highest BCUT2D eigenvalue weighted by molar-refractivity contribution is 6.04. The molecule has 2 fully saturated rings. The fourth-order valence-electron chi connectivity index (χ4n) is 3.42. The number of hydrogen-bond acceptors (Lipinski definition) is 3. The molecular formula is C18H35N5O3. The van der Waals surface area contributed by atoms with Crippen molar-refractivity contribution in [2.24, 2.45) is 4.99 Å². The molecule has 150 valence electrons. The third-order valence-electron chi connectivity index (χ3n) is 4.91. The van der Waals surface area contributed by atoms with Crippen molar-refractivity contribution in [2.75, 3.05) is 20.1 Å². The highest BCUT2D eigenvalue weighted by Gasteiger charge is 2.49. The zero-order chi connectivity index (χ0) is 18.2. The molecule has 0 aromatic heterocycles. The molecular weight excluding hydrogens is 334 g/mol. The van der Waals surface area contributed by atoms with Gasteiger partial charge in [-0.25, -0.2) is 4.79 Å². The van der Waals surface area contributed by atoms with E-state index in [4.69, 9.17) is 0 Å². The van der Waals surface area contributed by atoms with E-state index in [1.54, 1.807) is 11.9 Å². The van der Waals surface area contributed by atoms with Gasteiger partial charge in [0.2, 0.25) is 0 Å². The van der Waals surface area contributed by atoms with Crippen molar-refractivity contribution < 1.29 is 15.1 Å². The number of amides is 3. The van der Waals surface area contributed by atoms with Crippen LogP contribution in [0.2, 0.25) is 0 Å². The van der Waals surface area contributed by atoms with Crippen molar-refractivity contribution in [3.05, 3.63) is 0 Å². The summed E-state index contributed by atoms with van der Waals surface area (Å²) < 4.78 is 0. The van der Waals surface area contributed by atoms with Crippen LogP contribution in [0.15, 0.2) is 4.99 Å². The molecule has 0 saturated carbocycles. The predicted octanol–water partition coefficient (Wildman–Crippen LogP) is 1.46. The number of fused-ring (bicyclic) bond motifs is 1. The second kappa shape index (κ2) is 11.0. The summed E-state index contributed by atoms with van der Waals surface area (Å²) >= 11 is 0. The molecule has 8 nitrogen and oxygen atoms in total. The minimum atomic E-state index is -0.390. The molecule has 26 heavy (non-hydrogen) atoms. The first-order valence-corrected chi connectivity index (χ1v) is 9.75. The predicted molar refractivity (Wildman–Crippen MR) is 103 cm³/mol. The Morgan fingerprint density at radius 2 is 1.65 bits per heavy atom. The maximum absolute atomic E-state index is 12.4. The van der Waals surface area contributed by atoms with Gasteiger partial charge in [-0.1, -0.05) is 52.4 Å². The lowest BCUT2D eigenvalue weighted by atomic mass is 10.1. The number of unbranched alkanes of at least 4 members (excludes halogenated alkanes) is 6. The molecule has 2 aliphatic rings. The van der Waals surface area contributed by atoms with Gasteiger partial charge in [-0.2, -0.15) is 0 Å². The van der Waals surface area contributed by atoms with Gasteiger partial charge >= 0.3 is 6.03 Å². The summed E-state index contributed by atoms with van der Waals surface area (Å²) in [7, 11) is 1.71. The summed E-state index contributed by atoms with van der Waals surface area (Å²) in [4.78, 5) is 32.4. The van der Waals surface area contributed by atoms with E-state index in [-0.39, 0.29) is 23.6 Å². The van der Waals surface area contributed by atoms with Gasteiger partial charge in [-0.15, -0.1) is 0 Å². The number of aliphatic imine (C=N–C) groups is 1. The van der Waals surface area contributed by atoms with Gasteiger partial charge in [0, 0.05) is 20.1 Å². The van der Waals surface area contributed by atoms with Crippen LogP contribution >= 0.6 is 0 Å². The topological polar surface area (TPSA) is 109 Å². The molecule has 2 saturated heterocycles. The first-order chi connectivity index (χ1) is 12.1. The molecule has 0 bridgehead atoms. The Hall–Kier alpha value is -1.83. The molecule has 0 spiro atoms. The number of carbonyl (C=O) groups is 2. The summed E-state index contributed by atoms with van der Waals surface area (Å²) in [6.45, 7) is 5.81. The molecule has 4 N–H and O–H groups in total. The van der Waals surface area contributed by atoms with Crippen molar-refractivity contribution in [1.29, 1.82) is 0 Å². The lowest BCUT2D eigenvalue weighted by molar-refractivity contribution is -0.127. The Labute approximate surface area is 156 Å². The van der Waals surface area contributed by atoms with E-state index in [1.165, 1.54) is 32.1 Å². The number of likely N-dealkylation sites (N-methyl/N-ethyl adjacent to an activating group) is 1. The number of guanidine groups is 1. The molecule has 2 atom stereocenters. The number of nitrogens with one attached hydrogen (secondary N) is 2. The van der Waals surface area contributed by atoms with Gasteiger partial charge < -0.3 is 20.6 Å². The van der Waals surface area contributed by atoms with Gasteiger partial charge in [0.05, 0.1) is 0 Å². The second-order valence-corrected chi connectivity index (χ2v) is 6.96. The SMILES string of the molecule is CCCCCCCCCN1C(=NCCC)NC2C1C(=O)NC(=O)N2C.O. The normalized spacial score (nSPS) is 23.6. The van der Waals surface area contributed by atoms with E-state index in [9.17, 15) is 9.59 Å². The van der Waals surface area contributed by atoms with E-state index >= 15 is 0 Å². The minimum Gasteiger partial charge on any atom is -0.412 e. The van der Waals surface area contributed by atoms with Crippen molar-refractivity contribution in [3.8, 4) is 0 Å². The average molecular weight is 370 g/mol. The van der Waals surface area contributed by atoms with Crippen LogP contribution in [0.1, 0.15) is 65.2 Å². The fraction of sp³-hybridized carbons (Fsp3) is 0.833. The third-order valence-corrected chi connectivity index (χ3v) is 4.91. The zero-order valence-corrected chi connectivity index (χ0v) is 16.4. The first kappa shape index (κ1) is 22.2. The van der Waals surface area contributed by atoms with Gasteiger partial charge in [0.15, 0.2) is 12.0 Å². The molecule has 0 aromatic rings. The molecule has 8 heteroatoms. The van der Waals surface area contributed by atoms with Crippen molar-refractivity contribution in [2.45, 2.75) is 77.4 Å². The highest BCUT2D eigenvalue weighted by Crippen LogP contribution is 2.21. The smallest absolute Gasteiger partial charge is 0.325 e. The molecule has 2 heterocycles. The van der Waals surface area contributed by atoms with Crippen LogP contribution in [0.25, 0.3) is 0 Å². The van der Waals surface area contributed by atoms with Crippen LogP contribution < -0.4 is 10.6 Å². The Balaban J connectivity index is 0.00000338. The maximum atomic E-state index is 12.4. The largest absolute Gasteiger partial charge is 0.412 e. The molecule has 0 radical (unpaired) electrons. The summed E-state index contributed by atoms with van der Waals surface area (Å²) in [6.07, 6.45) is 9.23. The highest BCUT2D eigenvalue weighted by atomic mass is 16.2. The minimum absolute atomic E-state index is 0. The van der Waals surface area contributed by atoms with Crippen LogP contribution in [-0.4, -0.2) is 65.5 Å². The third kappa shape index (κ3) is 5.33. The van der Waals surface area contributed by atoms with Gasteiger partial charge in [0.1, 0.15) is 6.17 Å². The number of imide groups is 1. The Morgan fingerprint density at radius 1 is 1.00 bits per heavy atom. The van der Waals surface area contributed by atoms with Crippen LogP contribution in [0.3, 0.4) is 0 Å². The van der Waals surface area contributed by atoms with E-state index in [1.807, 2.05) is 4.90 Å². The Bertz CT molecular complexity index is 497. The number of rotatable bonds is 10. The van der Waals surface area contributed by atoms with Crippen LogP contribution in [0.4, 0.5) is 4.79 Å². The van der Waals surface area contributed by atoms with Crippen LogP contribution in [-0.2, 0) is 4.79 Å². The van der Waals surface area contributed by atoms with E-state index in [0.717, 1.165) is 31.8 Å². The fourth-order valence-corrected chi connectivity index (χ4v) is 3.42. The maximum Gasteiger partial charge on any atom is 0.325 e. The van der Waals surface area contributed by atoms with Crippen molar-refractivity contribution in [1.82, 2.24) is 20.4 Å². The number of carbonyl (C=O) groups excluding carboxylic acids is 2. The lowest BCUT2D eigenvalue weighted by Crippen LogP contribution is -2.64. The molecule has 2 rings (SSSR count). The van der Waals surface area contributed by atoms with E-state index < -0.39 is 6.04 Å². The quantitative estimate of drug-likeness (QED) is 0.568. The monoisotopic (exact) mass is 369 g/mol. The van der Waals surface area contributed by atoms with E-state index in [2.05, 4.69) is 29.5 Å². The Morgan fingerprint density at radius 3 is 2.31 bits per heavy atom. The average Bonchev–Trinajstić information content (AvgIpc) is 2.96. The van der Waals surface area contributed by atoms with Gasteiger partial charge in [-0.3, -0.25) is 15.1 Å². The summed E-state index contributed by atoms with van der Waals surface area (Å²) in [6, 6.07) is -0.746. The number of urea groups is 1. The van der Waals surface area contributed by atoms with Crippen LogP contribution in [0.5, 0.6) is 0 Å². The van der Waals surface area contributed by atoms with Gasteiger partial charge in [0.25, 0.3) is 5.91 Å². The Kier molecular flexibility index (Phi) is 9.40. The number of hydrogen-bond donors (Lipinski definition) is 2.